The smallest absolute Gasteiger partial charge is 0.305 e. The Balaban J connectivity index is 1.35. The van der Waals surface area contributed by atoms with Crippen LogP contribution in [0.2, 0.25) is 0 Å². The predicted molar refractivity (Wildman–Crippen MR) is 129 cm³/mol. The number of benzene rings is 2. The molecule has 4 nitrogen and oxygen atoms in total. The molecule has 6 rings (SSSR count). The van der Waals surface area contributed by atoms with Gasteiger partial charge in [-0.15, -0.1) is 11.8 Å². The van der Waals surface area contributed by atoms with E-state index in [1.165, 1.54) is 52.2 Å². The van der Waals surface area contributed by atoms with Crippen molar-refractivity contribution in [3.63, 3.8) is 0 Å². The fraction of sp³-hybridized carbons (Fsp3) is 0.423. The number of rotatable bonds is 5. The Kier molecular flexibility index (Phi) is 5.10. The van der Waals surface area contributed by atoms with Crippen LogP contribution in [-0.2, 0) is 6.61 Å². The molecule has 2 heterocycles. The van der Waals surface area contributed by atoms with Crippen LogP contribution >= 0.6 is 23.1 Å². The first kappa shape index (κ1) is 20.4. The molecule has 5 atom stereocenters. The van der Waals surface area contributed by atoms with Gasteiger partial charge in [-0.25, -0.2) is 0 Å². The average molecular weight is 466 g/mol. The van der Waals surface area contributed by atoms with Crippen molar-refractivity contribution in [2.45, 2.75) is 49.0 Å². The molecular weight excluding hydrogens is 438 g/mol. The van der Waals surface area contributed by atoms with Gasteiger partial charge in [0.25, 0.3) is 0 Å². The summed E-state index contributed by atoms with van der Waals surface area (Å²) in [6, 6.07) is 14.7. The lowest BCUT2D eigenvalue weighted by Gasteiger charge is -2.40. The summed E-state index contributed by atoms with van der Waals surface area (Å²) in [7, 11) is 1.71. The van der Waals surface area contributed by atoms with Crippen LogP contribution in [0, 0.1) is 24.7 Å². The van der Waals surface area contributed by atoms with Crippen LogP contribution in [0.5, 0.6) is 11.5 Å². The molecule has 0 saturated heterocycles. The first-order valence-electron chi connectivity index (χ1n) is 11.4. The highest BCUT2D eigenvalue weighted by atomic mass is 32.2. The number of hydrogen-bond donors (Lipinski definition) is 1. The zero-order valence-corrected chi connectivity index (χ0v) is 19.9. The summed E-state index contributed by atoms with van der Waals surface area (Å²) in [4.78, 5) is 16.7. The van der Waals surface area contributed by atoms with Gasteiger partial charge >= 0.3 is 4.87 Å². The summed E-state index contributed by atoms with van der Waals surface area (Å²) < 4.78 is 11.9. The SMILES string of the molecule is COc1cc([C@H]2c3sc(=O)[nH]c3SC3C4CCC(C4)C32)ccc1OCc1ccccc1C. The molecule has 0 radical (unpaired) electrons. The summed E-state index contributed by atoms with van der Waals surface area (Å²) in [6.07, 6.45) is 4.00. The van der Waals surface area contributed by atoms with Crippen molar-refractivity contribution in [3.05, 3.63) is 73.7 Å². The van der Waals surface area contributed by atoms with E-state index in [0.717, 1.165) is 28.4 Å². The number of ether oxygens (including phenoxy) is 2. The Bertz CT molecular complexity index is 1220. The zero-order chi connectivity index (χ0) is 21.8. The minimum Gasteiger partial charge on any atom is -0.493 e. The predicted octanol–water partition coefficient (Wildman–Crippen LogP) is 5.98. The topological polar surface area (TPSA) is 51.3 Å². The van der Waals surface area contributed by atoms with Gasteiger partial charge in [-0.2, -0.15) is 0 Å². The van der Waals surface area contributed by atoms with Crippen LogP contribution in [0.1, 0.15) is 46.7 Å². The second kappa shape index (κ2) is 7.99. The molecule has 4 unspecified atom stereocenters. The summed E-state index contributed by atoms with van der Waals surface area (Å²) >= 11 is 3.32. The molecule has 1 aliphatic heterocycles. The molecule has 2 aromatic carbocycles. The zero-order valence-electron chi connectivity index (χ0n) is 18.3. The van der Waals surface area contributed by atoms with Crippen LogP contribution in [-0.4, -0.2) is 17.3 Å². The lowest BCUT2D eigenvalue weighted by Crippen LogP contribution is -2.33. The van der Waals surface area contributed by atoms with Crippen molar-refractivity contribution >= 4 is 23.1 Å². The molecule has 166 valence electrons. The van der Waals surface area contributed by atoms with Crippen LogP contribution < -0.4 is 14.3 Å². The molecule has 0 spiro atoms. The number of hydrogen-bond acceptors (Lipinski definition) is 5. The van der Waals surface area contributed by atoms with Gasteiger partial charge in [0.15, 0.2) is 11.5 Å². The minimum atomic E-state index is 0.0602. The summed E-state index contributed by atoms with van der Waals surface area (Å²) in [6.45, 7) is 2.62. The Morgan fingerprint density at radius 3 is 2.78 bits per heavy atom. The Morgan fingerprint density at radius 2 is 1.94 bits per heavy atom. The van der Waals surface area contributed by atoms with Crippen LogP contribution in [0.15, 0.2) is 52.3 Å². The van der Waals surface area contributed by atoms with Crippen LogP contribution in [0.3, 0.4) is 0 Å². The van der Waals surface area contributed by atoms with Crippen molar-refractivity contribution in [2.24, 2.45) is 17.8 Å². The lowest BCUT2D eigenvalue weighted by molar-refractivity contribution is 0.282. The van der Waals surface area contributed by atoms with Gasteiger partial charge in [0.05, 0.1) is 12.1 Å². The third-order valence-electron chi connectivity index (χ3n) is 7.66. The molecule has 6 heteroatoms. The van der Waals surface area contributed by atoms with E-state index >= 15 is 0 Å². The Hall–Kier alpha value is -2.18. The average Bonchev–Trinajstić information content (AvgIpc) is 3.51. The van der Waals surface area contributed by atoms with E-state index < -0.39 is 0 Å². The van der Waals surface area contributed by atoms with E-state index in [0.29, 0.717) is 17.8 Å². The van der Waals surface area contributed by atoms with Gasteiger partial charge < -0.3 is 14.5 Å². The van der Waals surface area contributed by atoms with Crippen molar-refractivity contribution in [1.29, 1.82) is 0 Å². The maximum Gasteiger partial charge on any atom is 0.305 e. The van der Waals surface area contributed by atoms with Gasteiger partial charge in [-0.05, 0) is 72.8 Å². The second-order valence-corrected chi connectivity index (χ2v) is 11.5. The molecule has 32 heavy (non-hydrogen) atoms. The molecule has 3 aliphatic rings. The number of H-pyrrole nitrogens is 1. The molecule has 2 bridgehead atoms. The van der Waals surface area contributed by atoms with E-state index in [1.54, 1.807) is 7.11 Å². The van der Waals surface area contributed by atoms with Crippen molar-refractivity contribution in [1.82, 2.24) is 4.98 Å². The molecule has 2 fully saturated rings. The monoisotopic (exact) mass is 465 g/mol. The highest BCUT2D eigenvalue weighted by Crippen LogP contribution is 2.63. The summed E-state index contributed by atoms with van der Waals surface area (Å²) in [5, 5.41) is 1.71. The standard InChI is InChI=1S/C26H27NO3S2/c1-14-5-3-4-6-18(14)13-30-19-10-9-16(12-20(19)29-2)22-21-15-7-8-17(11-15)23(21)31-25-24(22)32-26(28)27-25/h3-6,9-10,12,15,17,21-23H,7-8,11,13H2,1-2H3,(H,27,28)/t15?,17?,21?,22-,23?/m1/s1. The van der Waals surface area contributed by atoms with Crippen molar-refractivity contribution in [3.8, 4) is 11.5 Å². The van der Waals surface area contributed by atoms with Crippen molar-refractivity contribution < 1.29 is 9.47 Å². The normalized spacial score (nSPS) is 27.8. The quantitative estimate of drug-likeness (QED) is 0.503. The van der Waals surface area contributed by atoms with E-state index in [1.807, 2.05) is 30.0 Å². The van der Waals surface area contributed by atoms with E-state index in [2.05, 4.69) is 36.2 Å². The fourth-order valence-corrected chi connectivity index (χ4v) is 9.04. The lowest BCUT2D eigenvalue weighted by atomic mass is 9.75. The number of methoxy groups -OCH3 is 1. The van der Waals surface area contributed by atoms with E-state index in [-0.39, 0.29) is 10.8 Å². The molecule has 1 aromatic heterocycles. The van der Waals surface area contributed by atoms with E-state index in [9.17, 15) is 4.79 Å². The number of thioether (sulfide) groups is 1. The maximum atomic E-state index is 12.3. The van der Waals surface area contributed by atoms with Gasteiger partial charge in [0, 0.05) is 16.0 Å². The number of aromatic nitrogens is 1. The van der Waals surface area contributed by atoms with Crippen molar-refractivity contribution in [2.75, 3.05) is 7.11 Å². The Labute approximate surface area is 196 Å². The number of thiazole rings is 1. The van der Waals surface area contributed by atoms with Gasteiger partial charge in [0.1, 0.15) is 6.61 Å². The third kappa shape index (κ3) is 3.30. The first-order chi connectivity index (χ1) is 15.6. The van der Waals surface area contributed by atoms with Gasteiger partial charge in [-0.3, -0.25) is 4.79 Å². The molecule has 2 saturated carbocycles. The molecular formula is C26H27NO3S2. The molecule has 0 amide bonds. The van der Waals surface area contributed by atoms with E-state index in [4.69, 9.17) is 9.47 Å². The number of fused-ring (bicyclic) bond motifs is 6. The molecule has 1 N–H and O–H groups in total. The summed E-state index contributed by atoms with van der Waals surface area (Å²) in [5.74, 6) is 3.93. The van der Waals surface area contributed by atoms with Gasteiger partial charge in [-0.1, -0.05) is 41.7 Å². The van der Waals surface area contributed by atoms with Gasteiger partial charge in [0.2, 0.25) is 0 Å². The maximum absolute atomic E-state index is 12.3. The molecule has 2 aliphatic carbocycles. The minimum absolute atomic E-state index is 0.0602. The third-order valence-corrected chi connectivity index (χ3v) is 10.3. The highest BCUT2D eigenvalue weighted by Gasteiger charge is 2.54. The number of nitrogens with one attached hydrogen (secondary N) is 1. The van der Waals surface area contributed by atoms with Crippen LogP contribution in [0.4, 0.5) is 0 Å². The van der Waals surface area contributed by atoms with Crippen LogP contribution in [0.25, 0.3) is 0 Å². The second-order valence-electron chi connectivity index (χ2n) is 9.30. The largest absolute Gasteiger partial charge is 0.493 e. The molecule has 3 aromatic rings. The number of aromatic amines is 1. The highest BCUT2D eigenvalue weighted by molar-refractivity contribution is 8.00. The fourth-order valence-electron chi connectivity index (χ4n) is 6.15. The summed E-state index contributed by atoms with van der Waals surface area (Å²) in [5.41, 5.74) is 3.64. The number of aryl methyl sites for hydroxylation is 1. The first-order valence-corrected chi connectivity index (χ1v) is 13.1. The Morgan fingerprint density at radius 1 is 1.09 bits per heavy atom.